The molecule has 2 rings (SSSR count). The van der Waals surface area contributed by atoms with Crippen molar-refractivity contribution in [3.63, 3.8) is 0 Å². The minimum Gasteiger partial charge on any atom is -0.348 e. The highest BCUT2D eigenvalue weighted by Crippen LogP contribution is 2.08. The van der Waals surface area contributed by atoms with E-state index in [2.05, 4.69) is 10.2 Å². The van der Waals surface area contributed by atoms with E-state index in [1.54, 1.807) is 12.1 Å². The summed E-state index contributed by atoms with van der Waals surface area (Å²) in [7, 11) is 4.03. The van der Waals surface area contributed by atoms with E-state index in [0.29, 0.717) is 6.54 Å². The van der Waals surface area contributed by atoms with Crippen LogP contribution in [0.2, 0.25) is 0 Å². The number of hydrogen-bond acceptors (Lipinski definition) is 2. The van der Waals surface area contributed by atoms with Crippen molar-refractivity contribution in [1.82, 2.24) is 10.2 Å². The molecule has 1 N–H and O–H groups in total. The lowest BCUT2D eigenvalue weighted by atomic mass is 10.1. The number of nitrogens with zero attached hydrogens (tertiary/aromatic N) is 1. The van der Waals surface area contributed by atoms with E-state index < -0.39 is 11.7 Å². The highest BCUT2D eigenvalue weighted by atomic mass is 19.1. The molecule has 0 bridgehead atoms. The average Bonchev–Trinajstić information content (AvgIpc) is 2.46. The largest absolute Gasteiger partial charge is 0.348 e. The highest BCUT2D eigenvalue weighted by Gasteiger charge is 2.09. The van der Waals surface area contributed by atoms with Crippen LogP contribution in [0.3, 0.4) is 0 Å². The Balaban J connectivity index is 1.94. The Morgan fingerprint density at radius 3 is 2.29 bits per heavy atom. The summed E-state index contributed by atoms with van der Waals surface area (Å²) in [6, 6.07) is 14.0. The third-order valence-corrected chi connectivity index (χ3v) is 3.09. The molecule has 0 atom stereocenters. The van der Waals surface area contributed by atoms with E-state index in [0.717, 1.165) is 12.1 Å². The summed E-state index contributed by atoms with van der Waals surface area (Å²) in [4.78, 5) is 14.0. The van der Waals surface area contributed by atoms with E-state index >= 15 is 0 Å². The van der Waals surface area contributed by atoms with Gasteiger partial charge in [0.2, 0.25) is 0 Å². The van der Waals surface area contributed by atoms with Crippen LogP contribution in [-0.4, -0.2) is 24.9 Å². The molecule has 0 aliphatic rings. The molecule has 0 spiro atoms. The fourth-order valence-corrected chi connectivity index (χ4v) is 2.05. The van der Waals surface area contributed by atoms with Crippen molar-refractivity contribution < 1.29 is 9.18 Å². The molecule has 0 aliphatic carbocycles. The van der Waals surface area contributed by atoms with Crippen LogP contribution < -0.4 is 5.32 Å². The van der Waals surface area contributed by atoms with Crippen LogP contribution in [0, 0.1) is 5.82 Å². The van der Waals surface area contributed by atoms with Crippen LogP contribution in [0.5, 0.6) is 0 Å². The Morgan fingerprint density at radius 1 is 1.05 bits per heavy atom. The minimum atomic E-state index is -0.503. The zero-order valence-corrected chi connectivity index (χ0v) is 12.3. The minimum absolute atomic E-state index is 0.0710. The molecule has 0 radical (unpaired) electrons. The van der Waals surface area contributed by atoms with E-state index in [9.17, 15) is 9.18 Å². The van der Waals surface area contributed by atoms with Crippen LogP contribution >= 0.6 is 0 Å². The van der Waals surface area contributed by atoms with Gasteiger partial charge in [-0.05, 0) is 37.4 Å². The smallest absolute Gasteiger partial charge is 0.254 e. The predicted molar refractivity (Wildman–Crippen MR) is 81.4 cm³/mol. The van der Waals surface area contributed by atoms with Gasteiger partial charge in [-0.2, -0.15) is 0 Å². The average molecular weight is 286 g/mol. The lowest BCUT2D eigenvalue weighted by molar-refractivity contribution is 0.0947. The first-order valence-electron chi connectivity index (χ1n) is 6.81. The van der Waals surface area contributed by atoms with Crippen molar-refractivity contribution in [2.75, 3.05) is 14.1 Å². The number of benzene rings is 2. The molecule has 1 amide bonds. The molecule has 3 nitrogen and oxygen atoms in total. The Morgan fingerprint density at radius 2 is 1.67 bits per heavy atom. The second-order valence-electron chi connectivity index (χ2n) is 5.22. The maximum Gasteiger partial charge on any atom is 0.254 e. The van der Waals surface area contributed by atoms with E-state index in [1.165, 1.54) is 17.7 Å². The topological polar surface area (TPSA) is 32.3 Å². The molecule has 4 heteroatoms. The number of carbonyl (C=O) groups is 1. The molecule has 2 aromatic rings. The first kappa shape index (κ1) is 15.2. The summed E-state index contributed by atoms with van der Waals surface area (Å²) < 4.78 is 13.5. The van der Waals surface area contributed by atoms with Gasteiger partial charge in [0.1, 0.15) is 5.82 Å². The molecule has 0 unspecified atom stereocenters. The van der Waals surface area contributed by atoms with Crippen molar-refractivity contribution in [2.24, 2.45) is 0 Å². The van der Waals surface area contributed by atoms with Gasteiger partial charge in [0.15, 0.2) is 0 Å². The van der Waals surface area contributed by atoms with Gasteiger partial charge in [0, 0.05) is 13.1 Å². The highest BCUT2D eigenvalue weighted by molar-refractivity contribution is 5.94. The van der Waals surface area contributed by atoms with Crippen LogP contribution in [0.15, 0.2) is 48.5 Å². The maximum absolute atomic E-state index is 13.5. The predicted octanol–water partition coefficient (Wildman–Crippen LogP) is 2.82. The number of hydrogen-bond donors (Lipinski definition) is 1. The third kappa shape index (κ3) is 4.39. The molecule has 110 valence electrons. The van der Waals surface area contributed by atoms with E-state index in [-0.39, 0.29) is 5.56 Å². The van der Waals surface area contributed by atoms with Gasteiger partial charge < -0.3 is 10.2 Å². The summed E-state index contributed by atoms with van der Waals surface area (Å²) >= 11 is 0. The number of amides is 1. The fourth-order valence-electron chi connectivity index (χ4n) is 2.05. The molecule has 0 aliphatic heterocycles. The molecular weight excluding hydrogens is 267 g/mol. The molecule has 2 aromatic carbocycles. The first-order chi connectivity index (χ1) is 10.1. The summed E-state index contributed by atoms with van der Waals surface area (Å²) in [5.41, 5.74) is 2.27. The fraction of sp³-hybridized carbons (Fsp3) is 0.235. The Hall–Kier alpha value is -2.20. The van der Waals surface area contributed by atoms with Gasteiger partial charge in [-0.25, -0.2) is 4.39 Å². The summed E-state index contributed by atoms with van der Waals surface area (Å²) in [6.45, 7) is 1.26. The summed E-state index contributed by atoms with van der Waals surface area (Å²) in [5.74, 6) is -0.901. The Labute approximate surface area is 124 Å². The molecule has 0 fully saturated rings. The summed E-state index contributed by atoms with van der Waals surface area (Å²) in [6.07, 6.45) is 0. The maximum atomic E-state index is 13.5. The standard InChI is InChI=1S/C17H19FN2O/c1-20(2)12-14-9-7-13(8-10-14)11-19-17(21)15-5-3-4-6-16(15)18/h3-10H,11-12H2,1-2H3,(H,19,21). The van der Waals surface area contributed by atoms with Gasteiger partial charge in [0.25, 0.3) is 5.91 Å². The first-order valence-corrected chi connectivity index (χ1v) is 6.81. The van der Waals surface area contributed by atoms with Gasteiger partial charge >= 0.3 is 0 Å². The van der Waals surface area contributed by atoms with Crippen molar-refractivity contribution in [1.29, 1.82) is 0 Å². The number of carbonyl (C=O) groups excluding carboxylic acids is 1. The van der Waals surface area contributed by atoms with Crippen molar-refractivity contribution in [3.8, 4) is 0 Å². The van der Waals surface area contributed by atoms with E-state index in [1.807, 2.05) is 38.4 Å². The molecule has 0 aromatic heterocycles. The molecule has 0 saturated heterocycles. The van der Waals surface area contributed by atoms with Crippen molar-refractivity contribution >= 4 is 5.91 Å². The van der Waals surface area contributed by atoms with Crippen molar-refractivity contribution in [2.45, 2.75) is 13.1 Å². The molecule has 0 saturated carbocycles. The molecule has 0 heterocycles. The number of nitrogens with one attached hydrogen (secondary N) is 1. The van der Waals surface area contributed by atoms with Gasteiger partial charge in [0.05, 0.1) is 5.56 Å². The van der Waals surface area contributed by atoms with Crippen molar-refractivity contribution in [3.05, 3.63) is 71.0 Å². The Bertz CT molecular complexity index is 608. The second kappa shape index (κ2) is 6.99. The Kier molecular flexibility index (Phi) is 5.06. The van der Waals surface area contributed by atoms with Crippen LogP contribution in [-0.2, 0) is 13.1 Å². The molecule has 21 heavy (non-hydrogen) atoms. The lowest BCUT2D eigenvalue weighted by Gasteiger charge is -2.10. The number of halogens is 1. The number of rotatable bonds is 5. The SMILES string of the molecule is CN(C)Cc1ccc(CNC(=O)c2ccccc2F)cc1. The molecular formula is C17H19FN2O. The van der Waals surface area contributed by atoms with E-state index in [4.69, 9.17) is 0 Å². The van der Waals surface area contributed by atoms with Crippen LogP contribution in [0.1, 0.15) is 21.5 Å². The zero-order valence-electron chi connectivity index (χ0n) is 12.3. The van der Waals surface area contributed by atoms with Crippen LogP contribution in [0.25, 0.3) is 0 Å². The van der Waals surface area contributed by atoms with Crippen LogP contribution in [0.4, 0.5) is 4.39 Å². The quantitative estimate of drug-likeness (QED) is 0.916. The zero-order chi connectivity index (χ0) is 15.2. The van der Waals surface area contributed by atoms with Gasteiger partial charge in [-0.1, -0.05) is 36.4 Å². The monoisotopic (exact) mass is 286 g/mol. The lowest BCUT2D eigenvalue weighted by Crippen LogP contribution is -2.23. The third-order valence-electron chi connectivity index (χ3n) is 3.09. The summed E-state index contributed by atoms with van der Waals surface area (Å²) in [5, 5.41) is 2.73. The van der Waals surface area contributed by atoms with Gasteiger partial charge in [-0.3, -0.25) is 4.79 Å². The normalized spacial score (nSPS) is 10.7. The van der Waals surface area contributed by atoms with Gasteiger partial charge in [-0.15, -0.1) is 0 Å². The second-order valence-corrected chi connectivity index (χ2v) is 5.22.